The lowest BCUT2D eigenvalue weighted by atomic mass is 9.96. The molecule has 0 aliphatic heterocycles. The molecule has 0 aromatic heterocycles. The molecule has 1 aromatic rings. The number of unbranched alkanes of at least 4 members (excludes halogenated alkanes) is 5. The predicted molar refractivity (Wildman–Crippen MR) is 97.1 cm³/mol. The average molecular weight is 348 g/mol. The third-order valence-corrected chi connectivity index (χ3v) is 4.25. The first-order valence-corrected chi connectivity index (χ1v) is 9.12. The fourth-order valence-corrected chi connectivity index (χ4v) is 2.69. The highest BCUT2D eigenvalue weighted by atomic mass is 79.9. The molecule has 1 aromatic carbocycles. The van der Waals surface area contributed by atoms with Crippen molar-refractivity contribution in [3.05, 3.63) is 41.2 Å². The Morgan fingerprint density at radius 1 is 1.00 bits per heavy atom. The van der Waals surface area contributed by atoms with Gasteiger partial charge in [0, 0.05) is 16.0 Å². The van der Waals surface area contributed by atoms with E-state index in [0.717, 1.165) is 22.9 Å². The topological polar surface area (TPSA) is 0 Å². The quantitative estimate of drug-likeness (QED) is 0.341. The standard InChI is InChI=1S/C20H28Br/c1-3-5-6-7-8-9-11-18(10-4-2)12-13-19-14-16-20(21)17-15-19/h14-18H,2-11H2,1H3. The van der Waals surface area contributed by atoms with Crippen molar-refractivity contribution in [3.63, 3.8) is 0 Å². The van der Waals surface area contributed by atoms with Crippen LogP contribution in [0, 0.1) is 24.7 Å². The van der Waals surface area contributed by atoms with E-state index in [-0.39, 0.29) is 0 Å². The lowest BCUT2D eigenvalue weighted by Gasteiger charge is -2.09. The Morgan fingerprint density at radius 2 is 1.67 bits per heavy atom. The first kappa shape index (κ1) is 18.3. The molecule has 0 nitrogen and oxygen atoms in total. The third kappa shape index (κ3) is 8.99. The van der Waals surface area contributed by atoms with Crippen LogP contribution in [0.5, 0.6) is 0 Å². The molecule has 1 radical (unpaired) electrons. The van der Waals surface area contributed by atoms with Gasteiger partial charge in [-0.2, -0.15) is 0 Å². The van der Waals surface area contributed by atoms with Crippen molar-refractivity contribution >= 4 is 15.9 Å². The van der Waals surface area contributed by atoms with Crippen LogP contribution in [0.3, 0.4) is 0 Å². The number of hydrogen-bond donors (Lipinski definition) is 0. The van der Waals surface area contributed by atoms with Gasteiger partial charge in [0.2, 0.25) is 0 Å². The van der Waals surface area contributed by atoms with Crippen LogP contribution >= 0.6 is 15.9 Å². The Balaban J connectivity index is 2.37. The maximum absolute atomic E-state index is 3.99. The van der Waals surface area contributed by atoms with E-state index in [1.54, 1.807) is 0 Å². The normalized spacial score (nSPS) is 11.8. The molecule has 0 saturated heterocycles. The van der Waals surface area contributed by atoms with Crippen molar-refractivity contribution in [3.8, 4) is 11.8 Å². The van der Waals surface area contributed by atoms with Crippen LogP contribution in [0.4, 0.5) is 0 Å². The van der Waals surface area contributed by atoms with Gasteiger partial charge in [-0.1, -0.05) is 86.6 Å². The third-order valence-electron chi connectivity index (χ3n) is 3.72. The van der Waals surface area contributed by atoms with Crippen molar-refractivity contribution in [2.24, 2.45) is 5.92 Å². The largest absolute Gasteiger partial charge is 0.0945 e. The van der Waals surface area contributed by atoms with Crippen molar-refractivity contribution in [1.29, 1.82) is 0 Å². The van der Waals surface area contributed by atoms with E-state index < -0.39 is 0 Å². The molecule has 0 N–H and O–H groups in total. The van der Waals surface area contributed by atoms with Crippen LogP contribution in [0.1, 0.15) is 70.3 Å². The van der Waals surface area contributed by atoms with Crippen LogP contribution < -0.4 is 0 Å². The van der Waals surface area contributed by atoms with Crippen LogP contribution in [-0.2, 0) is 0 Å². The first-order valence-electron chi connectivity index (χ1n) is 8.32. The zero-order valence-corrected chi connectivity index (χ0v) is 14.9. The van der Waals surface area contributed by atoms with Gasteiger partial charge in [-0.25, -0.2) is 0 Å². The molecule has 0 amide bonds. The Hall–Kier alpha value is -0.740. The highest BCUT2D eigenvalue weighted by molar-refractivity contribution is 9.10. The molecule has 115 valence electrons. The van der Waals surface area contributed by atoms with Gasteiger partial charge in [0.25, 0.3) is 0 Å². The molecule has 0 fully saturated rings. The summed E-state index contributed by atoms with van der Waals surface area (Å²) >= 11 is 3.45. The van der Waals surface area contributed by atoms with E-state index in [1.807, 2.05) is 12.1 Å². The molecule has 0 heterocycles. The Labute approximate surface area is 139 Å². The van der Waals surface area contributed by atoms with Gasteiger partial charge >= 0.3 is 0 Å². The van der Waals surface area contributed by atoms with Crippen LogP contribution in [0.2, 0.25) is 0 Å². The van der Waals surface area contributed by atoms with E-state index in [0.29, 0.717) is 5.92 Å². The Kier molecular flexibility index (Phi) is 10.3. The molecule has 0 aliphatic rings. The zero-order chi connectivity index (χ0) is 15.3. The molecule has 21 heavy (non-hydrogen) atoms. The van der Waals surface area contributed by atoms with Crippen LogP contribution in [-0.4, -0.2) is 0 Å². The number of hydrogen-bond acceptors (Lipinski definition) is 0. The van der Waals surface area contributed by atoms with E-state index in [4.69, 9.17) is 0 Å². The molecule has 1 heteroatoms. The summed E-state index contributed by atoms with van der Waals surface area (Å²) in [7, 11) is 0. The molecule has 0 bridgehead atoms. The second-order valence-electron chi connectivity index (χ2n) is 5.67. The molecule has 1 atom stereocenters. The van der Waals surface area contributed by atoms with Gasteiger partial charge in [-0.15, -0.1) is 0 Å². The van der Waals surface area contributed by atoms with Crippen molar-refractivity contribution < 1.29 is 0 Å². The van der Waals surface area contributed by atoms with E-state index in [1.165, 1.54) is 44.9 Å². The summed E-state index contributed by atoms with van der Waals surface area (Å²) in [6.07, 6.45) is 11.5. The lowest BCUT2D eigenvalue weighted by molar-refractivity contribution is 0.507. The fraction of sp³-hybridized carbons (Fsp3) is 0.550. The molecule has 1 rings (SSSR count). The molecule has 1 unspecified atom stereocenters. The second-order valence-corrected chi connectivity index (χ2v) is 6.59. The fourth-order valence-electron chi connectivity index (χ4n) is 2.42. The molecule has 0 aliphatic carbocycles. The van der Waals surface area contributed by atoms with Crippen LogP contribution in [0.25, 0.3) is 0 Å². The SMILES string of the molecule is [CH2]CCC(C#Cc1ccc(Br)cc1)CCCCCCCC. The maximum atomic E-state index is 3.99. The van der Waals surface area contributed by atoms with Crippen molar-refractivity contribution in [2.45, 2.75) is 64.7 Å². The molecule has 0 saturated carbocycles. The minimum Gasteiger partial charge on any atom is -0.0945 e. The summed E-state index contributed by atoms with van der Waals surface area (Å²) in [5.41, 5.74) is 1.11. The Morgan fingerprint density at radius 3 is 2.33 bits per heavy atom. The summed E-state index contributed by atoms with van der Waals surface area (Å²) in [4.78, 5) is 0. The summed E-state index contributed by atoms with van der Waals surface area (Å²) < 4.78 is 1.11. The lowest BCUT2D eigenvalue weighted by Crippen LogP contribution is -1.97. The second kappa shape index (κ2) is 11.9. The van der Waals surface area contributed by atoms with Gasteiger partial charge in [-0.05, 0) is 37.1 Å². The maximum Gasteiger partial charge on any atom is 0.0246 e. The summed E-state index contributed by atoms with van der Waals surface area (Å²) in [6, 6.07) is 8.24. The van der Waals surface area contributed by atoms with Gasteiger partial charge in [0.05, 0.1) is 0 Å². The summed E-state index contributed by atoms with van der Waals surface area (Å²) in [6.45, 7) is 6.25. The predicted octanol–water partition coefficient (Wildman–Crippen LogP) is 6.78. The van der Waals surface area contributed by atoms with E-state index >= 15 is 0 Å². The van der Waals surface area contributed by atoms with Gasteiger partial charge in [0.1, 0.15) is 0 Å². The molecular formula is C20H28Br. The summed E-state index contributed by atoms with van der Waals surface area (Å²) in [5.74, 6) is 7.28. The highest BCUT2D eigenvalue weighted by Gasteiger charge is 2.03. The molecular weight excluding hydrogens is 320 g/mol. The van der Waals surface area contributed by atoms with Crippen molar-refractivity contribution in [1.82, 2.24) is 0 Å². The first-order chi connectivity index (χ1) is 10.3. The average Bonchev–Trinajstić information content (AvgIpc) is 2.49. The smallest absolute Gasteiger partial charge is 0.0246 e. The van der Waals surface area contributed by atoms with Gasteiger partial charge in [0.15, 0.2) is 0 Å². The summed E-state index contributed by atoms with van der Waals surface area (Å²) in [5, 5.41) is 0. The van der Waals surface area contributed by atoms with E-state index in [2.05, 4.69) is 53.8 Å². The van der Waals surface area contributed by atoms with Crippen LogP contribution in [0.15, 0.2) is 28.7 Å². The zero-order valence-electron chi connectivity index (χ0n) is 13.3. The minimum absolute atomic E-state index is 0.511. The monoisotopic (exact) mass is 347 g/mol. The van der Waals surface area contributed by atoms with Gasteiger partial charge < -0.3 is 0 Å². The highest BCUT2D eigenvalue weighted by Crippen LogP contribution is 2.16. The number of rotatable bonds is 9. The molecule has 0 spiro atoms. The number of benzene rings is 1. The van der Waals surface area contributed by atoms with E-state index in [9.17, 15) is 0 Å². The van der Waals surface area contributed by atoms with Gasteiger partial charge in [-0.3, -0.25) is 0 Å². The minimum atomic E-state index is 0.511. The number of halogens is 1. The Bertz CT molecular complexity index is 421. The van der Waals surface area contributed by atoms with Crippen molar-refractivity contribution in [2.75, 3.05) is 0 Å².